The van der Waals surface area contributed by atoms with Crippen LogP contribution in [0.1, 0.15) is 18.4 Å². The summed E-state index contributed by atoms with van der Waals surface area (Å²) < 4.78 is 23.9. The lowest BCUT2D eigenvalue weighted by molar-refractivity contribution is -0.122. The first-order chi connectivity index (χ1) is 8.44. The smallest absolute Gasteiger partial charge is 0.296 e. The molecule has 4 N–H and O–H groups in total. The summed E-state index contributed by atoms with van der Waals surface area (Å²) in [5.41, 5.74) is 1.20. The molecule has 6 nitrogen and oxygen atoms in total. The van der Waals surface area contributed by atoms with Crippen LogP contribution in [0.15, 0.2) is 24.3 Å². The third kappa shape index (κ3) is 4.01. The highest BCUT2D eigenvalue weighted by molar-refractivity contribution is 7.90. The largest absolute Gasteiger partial charge is 0.352 e. The summed E-state index contributed by atoms with van der Waals surface area (Å²) in [6, 6.07) is 6.74. The average Bonchev–Trinajstić information content (AvgIpc) is 3.07. The second-order valence-corrected chi connectivity index (χ2v) is 5.63. The normalized spacial score (nSPS) is 15.2. The lowest BCUT2D eigenvalue weighted by Gasteiger charge is -2.07. The molecule has 0 atom stereocenters. The molecule has 98 valence electrons. The third-order valence-corrected chi connectivity index (χ3v) is 3.12. The van der Waals surface area contributed by atoms with Crippen molar-refractivity contribution in [3.05, 3.63) is 29.8 Å². The van der Waals surface area contributed by atoms with E-state index in [1.807, 2.05) is 6.07 Å². The van der Waals surface area contributed by atoms with Gasteiger partial charge in [-0.05, 0) is 30.5 Å². The van der Waals surface area contributed by atoms with E-state index in [1.165, 1.54) is 0 Å². The number of nitrogens with one attached hydrogen (secondary N) is 2. The van der Waals surface area contributed by atoms with Crippen molar-refractivity contribution in [2.45, 2.75) is 19.4 Å². The maximum absolute atomic E-state index is 11.4. The van der Waals surface area contributed by atoms with Gasteiger partial charge in [0.25, 0.3) is 10.2 Å². The summed E-state index contributed by atoms with van der Waals surface area (Å²) in [4.78, 5) is 11.4. The Labute approximate surface area is 106 Å². The van der Waals surface area contributed by atoms with Gasteiger partial charge in [0.15, 0.2) is 0 Å². The Bertz CT molecular complexity index is 552. The van der Waals surface area contributed by atoms with Crippen LogP contribution in [0, 0.1) is 5.92 Å². The minimum atomic E-state index is -3.77. The number of carbonyl (C=O) groups excluding carboxylic acids is 1. The van der Waals surface area contributed by atoms with E-state index < -0.39 is 10.2 Å². The van der Waals surface area contributed by atoms with Gasteiger partial charge in [-0.1, -0.05) is 12.1 Å². The van der Waals surface area contributed by atoms with Crippen LogP contribution < -0.4 is 15.2 Å². The van der Waals surface area contributed by atoms with Gasteiger partial charge in [0.2, 0.25) is 5.91 Å². The van der Waals surface area contributed by atoms with Gasteiger partial charge in [-0.15, -0.1) is 0 Å². The van der Waals surface area contributed by atoms with Crippen LogP contribution in [0.3, 0.4) is 0 Å². The molecule has 1 saturated carbocycles. The SMILES string of the molecule is NS(=O)(=O)Nc1cccc(CNC(=O)C2CC2)c1. The Morgan fingerprint density at radius 1 is 1.39 bits per heavy atom. The van der Waals surface area contributed by atoms with Crippen molar-refractivity contribution in [1.82, 2.24) is 5.32 Å². The number of hydrogen-bond acceptors (Lipinski definition) is 3. The molecule has 18 heavy (non-hydrogen) atoms. The first-order valence-electron chi connectivity index (χ1n) is 5.61. The van der Waals surface area contributed by atoms with Gasteiger partial charge >= 0.3 is 0 Å². The van der Waals surface area contributed by atoms with Crippen molar-refractivity contribution >= 4 is 21.8 Å². The number of anilines is 1. The van der Waals surface area contributed by atoms with E-state index in [9.17, 15) is 13.2 Å². The molecule has 1 aliphatic rings. The first-order valence-corrected chi connectivity index (χ1v) is 7.16. The van der Waals surface area contributed by atoms with Crippen LogP contribution in [0.4, 0.5) is 5.69 Å². The molecule has 0 aromatic heterocycles. The molecule has 1 amide bonds. The molecular weight excluding hydrogens is 254 g/mol. The minimum absolute atomic E-state index is 0.0554. The zero-order chi connectivity index (χ0) is 13.2. The number of amides is 1. The Hall–Kier alpha value is -1.60. The topological polar surface area (TPSA) is 101 Å². The Morgan fingerprint density at radius 2 is 2.11 bits per heavy atom. The second-order valence-electron chi connectivity index (χ2n) is 4.34. The van der Waals surface area contributed by atoms with E-state index >= 15 is 0 Å². The van der Waals surface area contributed by atoms with E-state index in [0.717, 1.165) is 18.4 Å². The number of rotatable bonds is 5. The highest BCUT2D eigenvalue weighted by Crippen LogP contribution is 2.28. The predicted octanol–water partition coefficient (Wildman–Crippen LogP) is 0.328. The van der Waals surface area contributed by atoms with Crippen molar-refractivity contribution in [1.29, 1.82) is 0 Å². The number of hydrogen-bond donors (Lipinski definition) is 3. The average molecular weight is 269 g/mol. The summed E-state index contributed by atoms with van der Waals surface area (Å²) in [5.74, 6) is 0.218. The molecule has 1 aromatic rings. The van der Waals surface area contributed by atoms with Crippen molar-refractivity contribution in [2.24, 2.45) is 11.1 Å². The van der Waals surface area contributed by atoms with Crippen LogP contribution in [0.5, 0.6) is 0 Å². The van der Waals surface area contributed by atoms with E-state index in [1.54, 1.807) is 18.2 Å². The molecular formula is C11H15N3O3S. The molecule has 0 unspecified atom stereocenters. The van der Waals surface area contributed by atoms with Crippen molar-refractivity contribution in [2.75, 3.05) is 4.72 Å². The van der Waals surface area contributed by atoms with E-state index in [2.05, 4.69) is 10.0 Å². The van der Waals surface area contributed by atoms with Crippen molar-refractivity contribution in [3.63, 3.8) is 0 Å². The summed E-state index contributed by atoms with van der Waals surface area (Å²) in [6.07, 6.45) is 1.91. The minimum Gasteiger partial charge on any atom is -0.352 e. The number of carbonyl (C=O) groups is 1. The second kappa shape index (κ2) is 4.95. The lowest BCUT2D eigenvalue weighted by Crippen LogP contribution is -2.24. The first kappa shape index (κ1) is 12.8. The molecule has 0 radical (unpaired) electrons. The van der Waals surface area contributed by atoms with Gasteiger partial charge in [-0.25, -0.2) is 5.14 Å². The fourth-order valence-corrected chi connectivity index (χ4v) is 2.04. The summed E-state index contributed by atoms with van der Waals surface area (Å²) in [6.45, 7) is 0.384. The van der Waals surface area contributed by atoms with Gasteiger partial charge in [0.05, 0.1) is 5.69 Å². The van der Waals surface area contributed by atoms with Gasteiger partial charge in [-0.3, -0.25) is 9.52 Å². The molecule has 1 aromatic carbocycles. The van der Waals surface area contributed by atoms with E-state index in [0.29, 0.717) is 12.2 Å². The quantitative estimate of drug-likeness (QED) is 0.717. The monoisotopic (exact) mass is 269 g/mol. The van der Waals surface area contributed by atoms with Gasteiger partial charge in [0, 0.05) is 12.5 Å². The van der Waals surface area contributed by atoms with Crippen LogP contribution in [-0.4, -0.2) is 14.3 Å². The molecule has 1 aliphatic carbocycles. The number of benzene rings is 1. The fraction of sp³-hybridized carbons (Fsp3) is 0.364. The zero-order valence-electron chi connectivity index (χ0n) is 9.72. The maximum atomic E-state index is 11.4. The third-order valence-electron chi connectivity index (χ3n) is 2.60. The standard InChI is InChI=1S/C11H15N3O3S/c12-18(16,17)14-10-3-1-2-8(6-10)7-13-11(15)9-4-5-9/h1-3,6,9,14H,4-5,7H2,(H,13,15)(H2,12,16,17). The van der Waals surface area contributed by atoms with Crippen LogP contribution >= 0.6 is 0 Å². The molecule has 1 fully saturated rings. The van der Waals surface area contributed by atoms with Gasteiger partial charge in [-0.2, -0.15) is 8.42 Å². The molecule has 2 rings (SSSR count). The highest BCUT2D eigenvalue weighted by Gasteiger charge is 2.29. The van der Waals surface area contributed by atoms with E-state index in [4.69, 9.17) is 5.14 Å². The van der Waals surface area contributed by atoms with Gasteiger partial charge < -0.3 is 5.32 Å². The number of nitrogens with two attached hydrogens (primary N) is 1. The molecule has 7 heteroatoms. The Morgan fingerprint density at radius 3 is 2.72 bits per heavy atom. The zero-order valence-corrected chi connectivity index (χ0v) is 10.5. The van der Waals surface area contributed by atoms with Crippen molar-refractivity contribution in [3.8, 4) is 0 Å². The molecule has 0 aliphatic heterocycles. The maximum Gasteiger partial charge on any atom is 0.296 e. The summed E-state index contributed by atoms with van der Waals surface area (Å²) in [7, 11) is -3.77. The van der Waals surface area contributed by atoms with Crippen LogP contribution in [0.2, 0.25) is 0 Å². The Kier molecular flexibility index (Phi) is 3.53. The predicted molar refractivity (Wildman–Crippen MR) is 67.7 cm³/mol. The highest BCUT2D eigenvalue weighted by atomic mass is 32.2. The Balaban J connectivity index is 1.96. The summed E-state index contributed by atoms with van der Waals surface area (Å²) in [5, 5.41) is 7.68. The van der Waals surface area contributed by atoms with Crippen LogP contribution in [-0.2, 0) is 21.5 Å². The molecule has 0 spiro atoms. The van der Waals surface area contributed by atoms with E-state index in [-0.39, 0.29) is 11.8 Å². The molecule has 0 saturated heterocycles. The molecule has 0 bridgehead atoms. The van der Waals surface area contributed by atoms with Gasteiger partial charge in [0.1, 0.15) is 0 Å². The van der Waals surface area contributed by atoms with Crippen molar-refractivity contribution < 1.29 is 13.2 Å². The lowest BCUT2D eigenvalue weighted by atomic mass is 10.2. The fourth-order valence-electron chi connectivity index (χ4n) is 1.59. The van der Waals surface area contributed by atoms with Crippen LogP contribution in [0.25, 0.3) is 0 Å². The summed E-state index contributed by atoms with van der Waals surface area (Å²) >= 11 is 0. The molecule has 0 heterocycles.